The van der Waals surface area contributed by atoms with Crippen molar-refractivity contribution in [3.05, 3.63) is 72.3 Å². The number of nitrogens with one attached hydrogen (secondary N) is 1. The number of hydrogen-bond acceptors (Lipinski definition) is 6. The molecule has 29 heavy (non-hydrogen) atoms. The van der Waals surface area contributed by atoms with E-state index < -0.39 is 0 Å². The number of hydrogen-bond donors (Lipinski definition) is 1. The van der Waals surface area contributed by atoms with Gasteiger partial charge in [-0.25, -0.2) is 15.0 Å². The van der Waals surface area contributed by atoms with E-state index in [2.05, 4.69) is 31.8 Å². The molecule has 0 aliphatic rings. The Kier molecular flexibility index (Phi) is 5.16. The Bertz CT molecular complexity index is 1190. The molecule has 0 aliphatic carbocycles. The number of nitrogens with zero attached hydrogens (tertiary/aromatic N) is 3. The number of benzene rings is 2. The van der Waals surface area contributed by atoms with Crippen LogP contribution in [0.25, 0.3) is 11.0 Å². The molecular weight excluding hydrogens is 368 g/mol. The van der Waals surface area contributed by atoms with Gasteiger partial charge in [-0.2, -0.15) is 0 Å². The number of carbonyl (C=O) groups excluding carboxylic acids is 1. The zero-order chi connectivity index (χ0) is 20.1. The van der Waals surface area contributed by atoms with Crippen molar-refractivity contribution >= 4 is 16.8 Å². The number of rotatable bonds is 6. The van der Waals surface area contributed by atoms with Gasteiger partial charge in [0.2, 0.25) is 5.78 Å². The van der Waals surface area contributed by atoms with E-state index in [9.17, 15) is 4.79 Å². The molecule has 0 amide bonds. The summed E-state index contributed by atoms with van der Waals surface area (Å²) in [6.45, 7) is 1.92. The van der Waals surface area contributed by atoms with Gasteiger partial charge in [-0.15, -0.1) is 5.92 Å². The Morgan fingerprint density at radius 2 is 1.79 bits per heavy atom. The standard InChI is InChI=1S/C22H16N4O3/c1-2-3-14-28-21-22(24-13-12-23-21)29-16-10-8-15(9-11-16)19(27)20-25-17-6-4-5-7-18(17)26-20/h4-13H,14H2,1H3,(H,25,26). The van der Waals surface area contributed by atoms with Crippen molar-refractivity contribution < 1.29 is 14.3 Å². The molecule has 0 unspecified atom stereocenters. The van der Waals surface area contributed by atoms with E-state index in [0.717, 1.165) is 11.0 Å². The van der Waals surface area contributed by atoms with Crippen molar-refractivity contribution in [3.63, 3.8) is 0 Å². The van der Waals surface area contributed by atoms with Crippen LogP contribution in [-0.4, -0.2) is 32.3 Å². The van der Waals surface area contributed by atoms with E-state index in [1.165, 1.54) is 12.4 Å². The van der Waals surface area contributed by atoms with Gasteiger partial charge in [0.15, 0.2) is 12.4 Å². The summed E-state index contributed by atoms with van der Waals surface area (Å²) in [5.41, 5.74) is 2.06. The van der Waals surface area contributed by atoms with Crippen LogP contribution in [0.1, 0.15) is 23.1 Å². The lowest BCUT2D eigenvalue weighted by molar-refractivity contribution is 0.103. The quantitative estimate of drug-likeness (QED) is 0.402. The van der Waals surface area contributed by atoms with Crippen LogP contribution in [0.5, 0.6) is 17.5 Å². The molecule has 7 heteroatoms. The van der Waals surface area contributed by atoms with Gasteiger partial charge >= 0.3 is 0 Å². The lowest BCUT2D eigenvalue weighted by Gasteiger charge is -2.08. The highest BCUT2D eigenvalue weighted by atomic mass is 16.5. The summed E-state index contributed by atoms with van der Waals surface area (Å²) in [6, 6.07) is 14.2. The van der Waals surface area contributed by atoms with Crippen LogP contribution < -0.4 is 9.47 Å². The molecule has 0 radical (unpaired) electrons. The number of aromatic amines is 1. The molecule has 0 atom stereocenters. The fourth-order valence-electron chi connectivity index (χ4n) is 2.64. The van der Waals surface area contributed by atoms with Crippen molar-refractivity contribution in [2.45, 2.75) is 6.92 Å². The highest BCUT2D eigenvalue weighted by Gasteiger charge is 2.15. The lowest BCUT2D eigenvalue weighted by Crippen LogP contribution is -2.03. The molecule has 2 aromatic carbocycles. The zero-order valence-corrected chi connectivity index (χ0v) is 15.5. The monoisotopic (exact) mass is 384 g/mol. The number of ketones is 1. The molecular formula is C22H16N4O3. The van der Waals surface area contributed by atoms with Gasteiger partial charge in [0.05, 0.1) is 11.0 Å². The van der Waals surface area contributed by atoms with Crippen molar-refractivity contribution in [1.82, 2.24) is 19.9 Å². The Balaban J connectivity index is 1.51. The summed E-state index contributed by atoms with van der Waals surface area (Å²) in [7, 11) is 0. The van der Waals surface area contributed by atoms with Crippen LogP contribution in [0.3, 0.4) is 0 Å². The Morgan fingerprint density at radius 3 is 2.55 bits per heavy atom. The third-order valence-corrected chi connectivity index (χ3v) is 4.03. The van der Waals surface area contributed by atoms with Gasteiger partial charge in [-0.3, -0.25) is 4.79 Å². The Morgan fingerprint density at radius 1 is 1.03 bits per heavy atom. The highest BCUT2D eigenvalue weighted by molar-refractivity contribution is 6.08. The summed E-state index contributed by atoms with van der Waals surface area (Å²) in [4.78, 5) is 28.3. The first-order valence-corrected chi connectivity index (χ1v) is 8.85. The smallest absolute Gasteiger partial charge is 0.283 e. The van der Waals surface area contributed by atoms with Gasteiger partial charge in [0, 0.05) is 18.0 Å². The number of fused-ring (bicyclic) bond motifs is 1. The summed E-state index contributed by atoms with van der Waals surface area (Å²) in [6.07, 6.45) is 3.02. The Labute approximate surface area is 166 Å². The molecule has 2 heterocycles. The number of H-pyrrole nitrogens is 1. The second-order valence-electron chi connectivity index (χ2n) is 5.94. The van der Waals surface area contributed by atoms with E-state index in [1.807, 2.05) is 24.3 Å². The minimum absolute atomic E-state index is 0.191. The van der Waals surface area contributed by atoms with E-state index in [1.54, 1.807) is 31.2 Å². The molecule has 0 aliphatic heterocycles. The molecule has 142 valence electrons. The fraction of sp³-hybridized carbons (Fsp3) is 0.0909. The predicted octanol–water partition coefficient (Wildman–Crippen LogP) is 3.78. The first-order valence-electron chi connectivity index (χ1n) is 8.85. The van der Waals surface area contributed by atoms with E-state index in [0.29, 0.717) is 17.1 Å². The van der Waals surface area contributed by atoms with Gasteiger partial charge in [-0.05, 0) is 43.3 Å². The molecule has 0 fully saturated rings. The van der Waals surface area contributed by atoms with Crippen LogP contribution in [0.4, 0.5) is 0 Å². The second kappa shape index (κ2) is 8.23. The summed E-state index contributed by atoms with van der Waals surface area (Å²) in [5, 5.41) is 0. The molecule has 7 nitrogen and oxygen atoms in total. The van der Waals surface area contributed by atoms with Crippen LogP contribution >= 0.6 is 0 Å². The first kappa shape index (κ1) is 18.2. The molecule has 4 aromatic rings. The zero-order valence-electron chi connectivity index (χ0n) is 15.5. The van der Waals surface area contributed by atoms with Crippen molar-refractivity contribution in [2.75, 3.05) is 6.61 Å². The van der Waals surface area contributed by atoms with Crippen LogP contribution in [0.2, 0.25) is 0 Å². The molecule has 4 rings (SSSR count). The van der Waals surface area contributed by atoms with Gasteiger partial charge < -0.3 is 14.5 Å². The van der Waals surface area contributed by atoms with Gasteiger partial charge in [-0.1, -0.05) is 18.1 Å². The van der Waals surface area contributed by atoms with E-state index in [4.69, 9.17) is 9.47 Å². The number of ether oxygens (including phenoxy) is 2. The largest absolute Gasteiger partial charge is 0.461 e. The SMILES string of the molecule is CC#CCOc1nccnc1Oc1ccc(C(=O)c2nc3ccccc3[nH]2)cc1. The van der Waals surface area contributed by atoms with Crippen LogP contribution in [0.15, 0.2) is 60.9 Å². The number of aromatic nitrogens is 4. The lowest BCUT2D eigenvalue weighted by atomic mass is 10.1. The summed E-state index contributed by atoms with van der Waals surface area (Å²) in [5.74, 6) is 6.60. The molecule has 1 N–H and O–H groups in total. The van der Waals surface area contributed by atoms with Crippen molar-refractivity contribution in [2.24, 2.45) is 0 Å². The maximum absolute atomic E-state index is 12.7. The topological polar surface area (TPSA) is 90.0 Å². The van der Waals surface area contributed by atoms with Crippen molar-refractivity contribution in [1.29, 1.82) is 0 Å². The average molecular weight is 384 g/mol. The maximum Gasteiger partial charge on any atom is 0.283 e. The van der Waals surface area contributed by atoms with Gasteiger partial charge in [0.25, 0.3) is 11.8 Å². The van der Waals surface area contributed by atoms with Crippen LogP contribution in [-0.2, 0) is 0 Å². The van der Waals surface area contributed by atoms with Crippen molar-refractivity contribution in [3.8, 4) is 29.4 Å². The molecule has 0 saturated heterocycles. The third kappa shape index (κ3) is 4.06. The minimum atomic E-state index is -0.200. The number of carbonyl (C=O) groups is 1. The average Bonchev–Trinajstić information content (AvgIpc) is 3.19. The second-order valence-corrected chi connectivity index (χ2v) is 5.94. The van der Waals surface area contributed by atoms with Crippen LogP contribution in [0, 0.1) is 11.8 Å². The maximum atomic E-state index is 12.7. The molecule has 0 bridgehead atoms. The Hall–Kier alpha value is -4.18. The third-order valence-electron chi connectivity index (χ3n) is 4.03. The number of para-hydroxylation sites is 2. The summed E-state index contributed by atoms with van der Waals surface area (Å²) >= 11 is 0. The van der Waals surface area contributed by atoms with Gasteiger partial charge in [0.1, 0.15) is 5.75 Å². The predicted molar refractivity (Wildman–Crippen MR) is 107 cm³/mol. The fourth-order valence-corrected chi connectivity index (χ4v) is 2.64. The minimum Gasteiger partial charge on any atom is -0.461 e. The first-order chi connectivity index (χ1) is 14.2. The molecule has 0 spiro atoms. The van der Waals surface area contributed by atoms with E-state index >= 15 is 0 Å². The summed E-state index contributed by atoms with van der Waals surface area (Å²) < 4.78 is 11.2. The highest BCUT2D eigenvalue weighted by Crippen LogP contribution is 2.27. The molecule has 2 aromatic heterocycles. The number of imidazole rings is 1. The normalized spacial score (nSPS) is 10.2. The molecule has 0 saturated carbocycles. The van der Waals surface area contributed by atoms with E-state index in [-0.39, 0.29) is 24.2 Å².